The van der Waals surface area contributed by atoms with Gasteiger partial charge in [0, 0.05) is 17.9 Å². The molecular formula is C35H59NO5. The van der Waals surface area contributed by atoms with Crippen LogP contribution in [0.25, 0.3) is 0 Å². The number of carbonyl (C=O) groups is 1. The lowest BCUT2D eigenvalue weighted by Gasteiger charge is -2.71. The van der Waals surface area contributed by atoms with Gasteiger partial charge in [-0.3, -0.25) is 4.79 Å². The summed E-state index contributed by atoms with van der Waals surface area (Å²) in [6, 6.07) is 0. The summed E-state index contributed by atoms with van der Waals surface area (Å²) in [6.07, 6.45) is 8.52. The Bertz CT molecular complexity index is 1040. The lowest BCUT2D eigenvalue weighted by atomic mass is 9.34. The quantitative estimate of drug-likeness (QED) is 0.319. The Morgan fingerprint density at radius 1 is 1.10 bits per heavy atom. The van der Waals surface area contributed by atoms with E-state index in [0.29, 0.717) is 49.3 Å². The van der Waals surface area contributed by atoms with E-state index in [4.69, 9.17) is 19.9 Å². The van der Waals surface area contributed by atoms with Crippen LogP contribution in [-0.2, 0) is 19.0 Å². The van der Waals surface area contributed by atoms with Crippen molar-refractivity contribution >= 4 is 5.97 Å². The van der Waals surface area contributed by atoms with Crippen LogP contribution >= 0.6 is 0 Å². The Hall–Kier alpha value is -0.950. The number of aliphatic carboxylic acids is 1. The van der Waals surface area contributed by atoms with Gasteiger partial charge in [-0.2, -0.15) is 0 Å². The molecule has 1 saturated heterocycles. The van der Waals surface area contributed by atoms with Gasteiger partial charge in [-0.1, -0.05) is 67.0 Å². The standard InChI is InChI=1S/C35H59NO5/c1-21(2)23(4)31(5)14-15-33(7)24-10-11-27-32(6)19-40-20-35(27,16-26(39-9)29(32)41-18-22(3)17-36)25(24)12-13-34(33,8)28(31)30(37)38/h12,21-24,26-29H,10-11,13-20,36H2,1-9H3,(H,37,38)/t22?,23-,24+,26-,27+,28-,29+,31-,32-,33-,34+,35+/m1/s1. The van der Waals surface area contributed by atoms with Crippen molar-refractivity contribution in [3.8, 4) is 0 Å². The van der Waals surface area contributed by atoms with Gasteiger partial charge in [0.2, 0.25) is 0 Å². The molecule has 4 aliphatic carbocycles. The number of ether oxygens (including phenoxy) is 3. The minimum Gasteiger partial charge on any atom is -0.481 e. The second-order valence-electron chi connectivity index (χ2n) is 16.4. The topological polar surface area (TPSA) is 91.0 Å². The van der Waals surface area contributed by atoms with Gasteiger partial charge in [0.25, 0.3) is 0 Å². The first-order chi connectivity index (χ1) is 19.2. The van der Waals surface area contributed by atoms with Gasteiger partial charge in [-0.05, 0) is 90.9 Å². The molecule has 4 fully saturated rings. The fraction of sp³-hybridized carbons (Fsp3) is 0.914. The van der Waals surface area contributed by atoms with Crippen LogP contribution in [0.15, 0.2) is 11.6 Å². The number of carboxylic acid groups (broad SMARTS) is 1. The van der Waals surface area contributed by atoms with Gasteiger partial charge in [-0.25, -0.2) is 0 Å². The van der Waals surface area contributed by atoms with Gasteiger partial charge >= 0.3 is 5.97 Å². The number of nitrogens with two attached hydrogens (primary N) is 1. The number of rotatable bonds is 8. The van der Waals surface area contributed by atoms with Crippen molar-refractivity contribution in [3.63, 3.8) is 0 Å². The van der Waals surface area contributed by atoms with E-state index in [0.717, 1.165) is 45.1 Å². The first-order valence-electron chi connectivity index (χ1n) is 16.5. The Labute approximate surface area is 249 Å². The van der Waals surface area contributed by atoms with Crippen LogP contribution in [0.2, 0.25) is 0 Å². The molecule has 0 spiro atoms. The molecule has 234 valence electrons. The monoisotopic (exact) mass is 573 g/mol. The van der Waals surface area contributed by atoms with E-state index in [1.807, 2.05) is 7.11 Å². The van der Waals surface area contributed by atoms with Gasteiger partial charge in [-0.15, -0.1) is 0 Å². The lowest BCUT2D eigenvalue weighted by molar-refractivity contribution is -0.268. The van der Waals surface area contributed by atoms with Crippen LogP contribution in [0.4, 0.5) is 0 Å². The molecule has 41 heavy (non-hydrogen) atoms. The normalized spacial score (nSPS) is 48.9. The maximum Gasteiger partial charge on any atom is 0.307 e. The molecule has 3 saturated carbocycles. The van der Waals surface area contributed by atoms with Crippen molar-refractivity contribution in [1.29, 1.82) is 0 Å². The summed E-state index contributed by atoms with van der Waals surface area (Å²) in [5.41, 5.74) is 6.68. The Morgan fingerprint density at radius 2 is 1.80 bits per heavy atom. The smallest absolute Gasteiger partial charge is 0.307 e. The zero-order valence-electron chi connectivity index (χ0n) is 27.4. The van der Waals surface area contributed by atoms with Gasteiger partial charge in [0.1, 0.15) is 0 Å². The third kappa shape index (κ3) is 4.27. The SMILES string of the molecule is CO[C@@H]1C[C@@]23COC[C@](C)([C@@H]2CC[C@H]2C3=CC[C@@]3(C)[C@H](C(=O)O)[C@@](C)([C@H](C)C(C)C)CC[C@]23C)[C@H]1OCC(C)CN. The van der Waals surface area contributed by atoms with Crippen molar-refractivity contribution in [1.82, 2.24) is 0 Å². The molecule has 5 aliphatic rings. The van der Waals surface area contributed by atoms with E-state index in [-0.39, 0.29) is 45.2 Å². The molecule has 0 amide bonds. The summed E-state index contributed by atoms with van der Waals surface area (Å²) in [7, 11) is 1.84. The molecule has 3 N–H and O–H groups in total. The molecule has 5 rings (SSSR count). The van der Waals surface area contributed by atoms with Crippen molar-refractivity contribution in [2.45, 2.75) is 106 Å². The molecule has 0 aromatic heterocycles. The average molecular weight is 574 g/mol. The van der Waals surface area contributed by atoms with E-state index in [1.54, 1.807) is 5.57 Å². The van der Waals surface area contributed by atoms with Crippen molar-refractivity contribution in [2.24, 2.45) is 68.3 Å². The third-order valence-corrected chi connectivity index (χ3v) is 14.3. The number of hydrogen-bond donors (Lipinski definition) is 2. The molecule has 0 aromatic carbocycles. The van der Waals surface area contributed by atoms with Crippen LogP contribution in [0.3, 0.4) is 0 Å². The highest BCUT2D eigenvalue weighted by Gasteiger charge is 2.71. The Balaban J connectivity index is 1.56. The highest BCUT2D eigenvalue weighted by atomic mass is 16.5. The Kier molecular flexibility index (Phi) is 8.13. The van der Waals surface area contributed by atoms with E-state index in [1.165, 1.54) is 0 Å². The lowest BCUT2D eigenvalue weighted by Crippen LogP contribution is -2.70. The summed E-state index contributed by atoms with van der Waals surface area (Å²) in [5.74, 6) is 0.968. The van der Waals surface area contributed by atoms with Crippen LogP contribution in [-0.4, -0.2) is 56.8 Å². The first-order valence-corrected chi connectivity index (χ1v) is 16.5. The molecule has 1 unspecified atom stereocenters. The summed E-state index contributed by atoms with van der Waals surface area (Å²) in [5, 5.41) is 10.9. The van der Waals surface area contributed by atoms with E-state index in [9.17, 15) is 9.90 Å². The van der Waals surface area contributed by atoms with E-state index < -0.39 is 5.97 Å². The molecule has 6 nitrogen and oxygen atoms in total. The number of hydrogen-bond acceptors (Lipinski definition) is 5. The minimum atomic E-state index is -0.602. The molecule has 6 heteroatoms. The van der Waals surface area contributed by atoms with Crippen LogP contribution in [0.5, 0.6) is 0 Å². The van der Waals surface area contributed by atoms with E-state index >= 15 is 0 Å². The number of fused-ring (bicyclic) bond motifs is 3. The highest BCUT2D eigenvalue weighted by molar-refractivity contribution is 5.73. The van der Waals surface area contributed by atoms with Gasteiger partial charge in [0.15, 0.2) is 0 Å². The van der Waals surface area contributed by atoms with Gasteiger partial charge < -0.3 is 25.1 Å². The first kappa shape index (κ1) is 31.5. The number of allylic oxidation sites excluding steroid dienone is 1. The summed E-state index contributed by atoms with van der Waals surface area (Å²) in [4.78, 5) is 13.3. The minimum absolute atomic E-state index is 0.000743. The Morgan fingerprint density at radius 3 is 2.41 bits per heavy atom. The van der Waals surface area contributed by atoms with Crippen LogP contribution < -0.4 is 5.73 Å². The number of methoxy groups -OCH3 is 1. The second-order valence-corrected chi connectivity index (χ2v) is 16.4. The largest absolute Gasteiger partial charge is 0.481 e. The fourth-order valence-electron chi connectivity index (χ4n) is 11.4. The predicted octanol–water partition coefficient (Wildman–Crippen LogP) is 6.57. The van der Waals surface area contributed by atoms with Crippen molar-refractivity contribution in [2.75, 3.05) is 33.5 Å². The molecule has 0 aromatic rings. The summed E-state index contributed by atoms with van der Waals surface area (Å²) >= 11 is 0. The maximum atomic E-state index is 13.3. The average Bonchev–Trinajstić information content (AvgIpc) is 2.91. The van der Waals surface area contributed by atoms with E-state index in [2.05, 4.69) is 61.5 Å². The van der Waals surface area contributed by atoms with Crippen LogP contribution in [0.1, 0.15) is 93.9 Å². The third-order valence-electron chi connectivity index (χ3n) is 14.3. The highest BCUT2D eigenvalue weighted by Crippen LogP contribution is 2.75. The zero-order chi connectivity index (χ0) is 30.2. The van der Waals surface area contributed by atoms with Crippen LogP contribution in [0, 0.1) is 62.6 Å². The fourth-order valence-corrected chi connectivity index (χ4v) is 11.4. The molecule has 1 heterocycles. The molecule has 12 atom stereocenters. The number of carboxylic acids is 1. The molecule has 2 bridgehead atoms. The second kappa shape index (κ2) is 10.6. The maximum absolute atomic E-state index is 13.3. The van der Waals surface area contributed by atoms with Crippen molar-refractivity contribution in [3.05, 3.63) is 11.6 Å². The molecule has 1 aliphatic heterocycles. The summed E-state index contributed by atoms with van der Waals surface area (Å²) < 4.78 is 19.5. The van der Waals surface area contributed by atoms with Crippen molar-refractivity contribution < 1.29 is 24.1 Å². The molecular weight excluding hydrogens is 514 g/mol. The predicted molar refractivity (Wildman–Crippen MR) is 162 cm³/mol. The molecule has 0 radical (unpaired) electrons. The van der Waals surface area contributed by atoms with Gasteiger partial charge in [0.05, 0.1) is 37.9 Å². The summed E-state index contributed by atoms with van der Waals surface area (Å²) in [6.45, 7) is 21.1. The zero-order valence-corrected chi connectivity index (χ0v) is 27.4.